The van der Waals surface area contributed by atoms with E-state index in [2.05, 4.69) is 32.7 Å². The summed E-state index contributed by atoms with van der Waals surface area (Å²) in [4.78, 5) is 22.2. The Hall–Kier alpha value is -3.49. The normalized spacial score (nSPS) is 13.5. The zero-order chi connectivity index (χ0) is 22.5. The maximum absolute atomic E-state index is 13.0. The highest BCUT2D eigenvalue weighted by Gasteiger charge is 2.21. The molecule has 4 aromatic rings. The van der Waals surface area contributed by atoms with Gasteiger partial charge < -0.3 is 15.7 Å². The van der Waals surface area contributed by atoms with Crippen molar-refractivity contribution in [3.63, 3.8) is 0 Å². The van der Waals surface area contributed by atoms with Gasteiger partial charge >= 0.3 is 0 Å². The molecule has 0 atom stereocenters. The Labute approximate surface area is 185 Å². The van der Waals surface area contributed by atoms with Gasteiger partial charge in [-0.1, -0.05) is 12.1 Å². The fourth-order valence-electron chi connectivity index (χ4n) is 4.15. The minimum absolute atomic E-state index is 0.124. The van der Waals surface area contributed by atoms with Gasteiger partial charge in [-0.2, -0.15) is 0 Å². The van der Waals surface area contributed by atoms with Crippen LogP contribution in [0.25, 0.3) is 16.7 Å². The summed E-state index contributed by atoms with van der Waals surface area (Å²) in [6.45, 7) is 7.53. The quantitative estimate of drug-likeness (QED) is 0.450. The molecule has 1 aromatic carbocycles. The Morgan fingerprint density at radius 3 is 2.75 bits per heavy atom. The van der Waals surface area contributed by atoms with Crippen LogP contribution < -0.4 is 16.2 Å². The van der Waals surface area contributed by atoms with Crippen LogP contribution >= 0.6 is 0 Å². The van der Waals surface area contributed by atoms with Crippen LogP contribution in [0.2, 0.25) is 0 Å². The average molecular weight is 431 g/mol. The first-order chi connectivity index (χ1) is 15.3. The summed E-state index contributed by atoms with van der Waals surface area (Å²) in [5.74, 6) is 1.21. The molecule has 0 saturated carbocycles. The fraction of sp³-hybridized carbons (Fsp3) is 0.292. The van der Waals surface area contributed by atoms with Crippen LogP contribution in [-0.2, 0) is 25.2 Å². The summed E-state index contributed by atoms with van der Waals surface area (Å²) in [6.07, 6.45) is 1.61. The predicted octanol–water partition coefficient (Wildman–Crippen LogP) is 3.18. The van der Waals surface area contributed by atoms with Gasteiger partial charge in [0.15, 0.2) is 5.82 Å². The van der Waals surface area contributed by atoms with Crippen LogP contribution in [0.3, 0.4) is 0 Å². The van der Waals surface area contributed by atoms with E-state index >= 15 is 0 Å². The number of rotatable bonds is 5. The lowest BCUT2D eigenvalue weighted by Gasteiger charge is -2.18. The highest BCUT2D eigenvalue weighted by Crippen LogP contribution is 2.25. The van der Waals surface area contributed by atoms with Gasteiger partial charge in [-0.3, -0.25) is 4.79 Å². The molecule has 0 fully saturated rings. The van der Waals surface area contributed by atoms with Crippen molar-refractivity contribution < 1.29 is 5.11 Å². The third kappa shape index (κ3) is 3.47. The smallest absolute Gasteiger partial charge is 0.276 e. The lowest BCUT2D eigenvalue weighted by atomic mass is 10.1. The van der Waals surface area contributed by atoms with Gasteiger partial charge in [0.1, 0.15) is 11.4 Å². The molecule has 4 heterocycles. The molecule has 3 aromatic heterocycles. The van der Waals surface area contributed by atoms with E-state index in [9.17, 15) is 9.90 Å². The number of benzene rings is 1. The molecule has 1 aliphatic heterocycles. The van der Waals surface area contributed by atoms with Crippen molar-refractivity contribution in [1.29, 1.82) is 0 Å². The van der Waals surface area contributed by atoms with E-state index in [0.717, 1.165) is 18.8 Å². The van der Waals surface area contributed by atoms with Crippen LogP contribution in [0.15, 0.2) is 53.5 Å². The van der Waals surface area contributed by atoms with Crippen molar-refractivity contribution in [2.75, 3.05) is 5.32 Å². The van der Waals surface area contributed by atoms with E-state index in [1.807, 2.05) is 31.2 Å². The average Bonchev–Trinajstić information content (AvgIpc) is 3.34. The maximum Gasteiger partial charge on any atom is 0.276 e. The highest BCUT2D eigenvalue weighted by molar-refractivity contribution is 5.82. The SMILES string of the molecule is CCn1c(=O)c2cnc(Nc3ccc4c(c3)CNC4)cc2n1-c1cccc(C(C)(C)O)n1. The molecule has 0 spiro atoms. The van der Waals surface area contributed by atoms with Gasteiger partial charge in [-0.05, 0) is 56.2 Å². The maximum atomic E-state index is 13.0. The zero-order valence-corrected chi connectivity index (χ0v) is 18.4. The molecule has 0 bridgehead atoms. The van der Waals surface area contributed by atoms with Crippen molar-refractivity contribution in [3.8, 4) is 5.82 Å². The summed E-state index contributed by atoms with van der Waals surface area (Å²) in [5.41, 5.74) is 3.56. The van der Waals surface area contributed by atoms with Crippen molar-refractivity contribution in [2.24, 2.45) is 0 Å². The zero-order valence-electron chi connectivity index (χ0n) is 18.4. The van der Waals surface area contributed by atoms with Gasteiger partial charge in [-0.25, -0.2) is 19.3 Å². The Balaban J connectivity index is 1.62. The summed E-state index contributed by atoms with van der Waals surface area (Å²) < 4.78 is 3.43. The van der Waals surface area contributed by atoms with E-state index in [-0.39, 0.29) is 5.56 Å². The molecule has 0 amide bonds. The van der Waals surface area contributed by atoms with Crippen LogP contribution in [0, 0.1) is 0 Å². The summed E-state index contributed by atoms with van der Waals surface area (Å²) in [5, 5.41) is 17.6. The van der Waals surface area contributed by atoms with E-state index in [0.29, 0.717) is 34.8 Å². The number of hydrogen-bond acceptors (Lipinski definition) is 6. The van der Waals surface area contributed by atoms with Crippen LogP contribution in [0.4, 0.5) is 11.5 Å². The second-order valence-corrected chi connectivity index (χ2v) is 8.57. The molecule has 0 aliphatic carbocycles. The second-order valence-electron chi connectivity index (χ2n) is 8.57. The van der Waals surface area contributed by atoms with Gasteiger partial charge in [0.2, 0.25) is 0 Å². The molecule has 32 heavy (non-hydrogen) atoms. The minimum Gasteiger partial charge on any atom is -0.384 e. The molecule has 0 unspecified atom stereocenters. The molecule has 0 radical (unpaired) electrons. The number of fused-ring (bicyclic) bond motifs is 2. The van der Waals surface area contributed by atoms with E-state index in [1.54, 1.807) is 35.5 Å². The minimum atomic E-state index is -1.09. The number of pyridine rings is 2. The van der Waals surface area contributed by atoms with Crippen LogP contribution in [0.5, 0.6) is 0 Å². The van der Waals surface area contributed by atoms with E-state index < -0.39 is 5.60 Å². The lowest BCUT2D eigenvalue weighted by Crippen LogP contribution is -2.23. The predicted molar refractivity (Wildman–Crippen MR) is 124 cm³/mol. The van der Waals surface area contributed by atoms with Crippen molar-refractivity contribution in [3.05, 3.63) is 75.8 Å². The molecule has 3 N–H and O–H groups in total. The second kappa shape index (κ2) is 7.58. The van der Waals surface area contributed by atoms with Crippen molar-refractivity contribution >= 4 is 22.4 Å². The topological polar surface area (TPSA) is 97.0 Å². The first kappa shape index (κ1) is 20.4. The third-order valence-electron chi connectivity index (χ3n) is 5.80. The summed E-state index contributed by atoms with van der Waals surface area (Å²) >= 11 is 0. The van der Waals surface area contributed by atoms with Crippen molar-refractivity contribution in [1.82, 2.24) is 24.6 Å². The number of nitrogens with zero attached hydrogens (tertiary/aromatic N) is 4. The largest absolute Gasteiger partial charge is 0.384 e. The molecule has 8 nitrogen and oxygen atoms in total. The van der Waals surface area contributed by atoms with Crippen LogP contribution in [0.1, 0.15) is 37.6 Å². The number of hydrogen-bond donors (Lipinski definition) is 3. The Kier molecular flexibility index (Phi) is 4.83. The number of aromatic nitrogens is 4. The molecule has 5 rings (SSSR count). The standard InChI is InChI=1S/C24H26N6O2/c1-4-29-23(31)18-14-26-21(27-17-9-8-15-12-25-13-16(15)10-17)11-19(18)30(29)22-7-5-6-20(28-22)24(2,3)32/h5-11,14,25,32H,4,12-13H2,1-3H3,(H,26,27). The monoisotopic (exact) mass is 430 g/mol. The Morgan fingerprint density at radius 2 is 1.97 bits per heavy atom. The molecular formula is C24H26N6O2. The summed E-state index contributed by atoms with van der Waals surface area (Å²) in [7, 11) is 0. The number of anilines is 2. The Bertz CT molecular complexity index is 1380. The van der Waals surface area contributed by atoms with E-state index in [1.165, 1.54) is 11.1 Å². The fourth-order valence-corrected chi connectivity index (χ4v) is 4.15. The molecule has 1 aliphatic rings. The van der Waals surface area contributed by atoms with Gasteiger partial charge in [0, 0.05) is 37.6 Å². The molecule has 164 valence electrons. The van der Waals surface area contributed by atoms with Crippen molar-refractivity contribution in [2.45, 2.75) is 46.0 Å². The molecule has 8 heteroatoms. The molecule has 0 saturated heterocycles. The van der Waals surface area contributed by atoms with E-state index in [4.69, 9.17) is 0 Å². The third-order valence-corrected chi connectivity index (χ3v) is 5.80. The van der Waals surface area contributed by atoms with Gasteiger partial charge in [-0.15, -0.1) is 0 Å². The molecular weight excluding hydrogens is 404 g/mol. The van der Waals surface area contributed by atoms with Gasteiger partial charge in [0.25, 0.3) is 5.56 Å². The first-order valence-corrected chi connectivity index (χ1v) is 10.8. The lowest BCUT2D eigenvalue weighted by molar-refractivity contribution is 0.0738. The van der Waals surface area contributed by atoms with Gasteiger partial charge in [0.05, 0.1) is 16.6 Å². The first-order valence-electron chi connectivity index (χ1n) is 10.8. The Morgan fingerprint density at radius 1 is 1.16 bits per heavy atom. The number of nitrogens with one attached hydrogen (secondary N) is 2. The van der Waals surface area contributed by atoms with Crippen LogP contribution in [-0.4, -0.2) is 24.4 Å². The summed E-state index contributed by atoms with van der Waals surface area (Å²) in [6, 6.07) is 13.6. The number of aliphatic hydroxyl groups is 1. The highest BCUT2D eigenvalue weighted by atomic mass is 16.3.